The number of methoxy groups -OCH3 is 1. The summed E-state index contributed by atoms with van der Waals surface area (Å²) in [5, 5.41) is 0. The first-order chi connectivity index (χ1) is 14.6. The van der Waals surface area contributed by atoms with E-state index in [1.165, 1.54) is 11.8 Å². The Morgan fingerprint density at radius 2 is 1.70 bits per heavy atom. The Bertz CT molecular complexity index is 1050. The van der Waals surface area contributed by atoms with Crippen LogP contribution < -0.4 is 9.47 Å². The molecule has 30 heavy (non-hydrogen) atoms. The van der Waals surface area contributed by atoms with Gasteiger partial charge in [0.2, 0.25) is 0 Å². The number of allylic oxidation sites excluding steroid dienone is 2. The quantitative estimate of drug-likeness (QED) is 0.212. The molecular weight excluding hydrogens is 374 g/mol. The summed E-state index contributed by atoms with van der Waals surface area (Å²) in [6.45, 7) is 4.07. The van der Waals surface area contributed by atoms with Crippen LogP contribution in [0.25, 0.3) is 12.2 Å². The molecule has 0 amide bonds. The molecule has 0 saturated carbocycles. The Morgan fingerprint density at radius 1 is 0.967 bits per heavy atom. The minimum Gasteiger partial charge on any atom is -0.496 e. The maximum absolute atomic E-state index is 12.7. The average molecular weight is 399 g/mol. The predicted octanol–water partition coefficient (Wildman–Crippen LogP) is 5.99. The van der Waals surface area contributed by atoms with Crippen molar-refractivity contribution >= 4 is 18.1 Å². The SMILES string of the molecule is COc1cc(/C=C/c2ccccc2)cc(OC(=O)c2cccnc2)c1CC=C(C)C. The average Bonchev–Trinajstić information content (AvgIpc) is 2.77. The number of aromatic nitrogens is 1. The first kappa shape index (κ1) is 21.1. The summed E-state index contributed by atoms with van der Waals surface area (Å²) in [6, 6.07) is 17.2. The van der Waals surface area contributed by atoms with E-state index < -0.39 is 5.97 Å². The van der Waals surface area contributed by atoms with E-state index in [4.69, 9.17) is 9.47 Å². The normalized spacial score (nSPS) is 10.6. The van der Waals surface area contributed by atoms with Crippen molar-refractivity contribution in [2.75, 3.05) is 7.11 Å². The highest BCUT2D eigenvalue weighted by molar-refractivity contribution is 5.91. The number of ether oxygens (including phenoxy) is 2. The molecule has 0 atom stereocenters. The van der Waals surface area contributed by atoms with E-state index in [0.717, 1.165) is 16.7 Å². The molecule has 152 valence electrons. The molecule has 0 unspecified atom stereocenters. The molecule has 0 aliphatic rings. The van der Waals surface area contributed by atoms with Crippen LogP contribution in [0.15, 0.2) is 78.6 Å². The van der Waals surface area contributed by atoms with Gasteiger partial charge in [-0.25, -0.2) is 4.79 Å². The number of nitrogens with zero attached hydrogens (tertiary/aromatic N) is 1. The van der Waals surface area contributed by atoms with Crippen LogP contribution in [0.3, 0.4) is 0 Å². The third kappa shape index (κ3) is 5.67. The Balaban J connectivity index is 1.99. The molecule has 0 aliphatic heterocycles. The molecule has 2 aromatic carbocycles. The third-order valence-electron chi connectivity index (χ3n) is 4.49. The van der Waals surface area contributed by atoms with E-state index in [2.05, 4.69) is 11.1 Å². The summed E-state index contributed by atoms with van der Waals surface area (Å²) in [4.78, 5) is 16.7. The van der Waals surface area contributed by atoms with Gasteiger partial charge in [-0.3, -0.25) is 4.98 Å². The Kier molecular flexibility index (Phi) is 7.17. The van der Waals surface area contributed by atoms with Crippen LogP contribution in [0.4, 0.5) is 0 Å². The minimum atomic E-state index is -0.451. The summed E-state index contributed by atoms with van der Waals surface area (Å²) < 4.78 is 11.4. The van der Waals surface area contributed by atoms with E-state index >= 15 is 0 Å². The van der Waals surface area contributed by atoms with Crippen LogP contribution in [-0.2, 0) is 6.42 Å². The zero-order valence-corrected chi connectivity index (χ0v) is 17.5. The summed E-state index contributed by atoms with van der Waals surface area (Å²) in [6.07, 6.45) is 9.79. The summed E-state index contributed by atoms with van der Waals surface area (Å²) >= 11 is 0. The molecule has 0 radical (unpaired) electrons. The van der Waals surface area contributed by atoms with E-state index in [9.17, 15) is 4.79 Å². The predicted molar refractivity (Wildman–Crippen MR) is 121 cm³/mol. The van der Waals surface area contributed by atoms with Crippen molar-refractivity contribution < 1.29 is 14.3 Å². The number of rotatable bonds is 7. The monoisotopic (exact) mass is 399 g/mol. The van der Waals surface area contributed by atoms with Crippen molar-refractivity contribution in [1.82, 2.24) is 4.98 Å². The molecule has 3 rings (SSSR count). The molecule has 0 fully saturated rings. The summed E-state index contributed by atoms with van der Waals surface area (Å²) in [7, 11) is 1.62. The van der Waals surface area contributed by atoms with Crippen LogP contribution >= 0.6 is 0 Å². The minimum absolute atomic E-state index is 0.398. The summed E-state index contributed by atoms with van der Waals surface area (Å²) in [5.41, 5.74) is 4.36. The van der Waals surface area contributed by atoms with Crippen LogP contribution in [0, 0.1) is 0 Å². The zero-order chi connectivity index (χ0) is 21.3. The van der Waals surface area contributed by atoms with Crippen molar-refractivity contribution in [2.45, 2.75) is 20.3 Å². The van der Waals surface area contributed by atoms with Gasteiger partial charge in [-0.1, -0.05) is 54.1 Å². The fourth-order valence-corrected chi connectivity index (χ4v) is 2.92. The molecule has 1 aromatic heterocycles. The van der Waals surface area contributed by atoms with E-state index in [1.807, 2.05) is 68.5 Å². The summed E-state index contributed by atoms with van der Waals surface area (Å²) in [5.74, 6) is 0.706. The van der Waals surface area contributed by atoms with Crippen molar-refractivity contribution in [3.05, 3.63) is 101 Å². The topological polar surface area (TPSA) is 48.4 Å². The van der Waals surface area contributed by atoms with Crippen LogP contribution in [0.5, 0.6) is 11.5 Å². The lowest BCUT2D eigenvalue weighted by Gasteiger charge is -2.15. The van der Waals surface area contributed by atoms with Gasteiger partial charge in [-0.2, -0.15) is 0 Å². The number of pyridine rings is 1. The first-order valence-electron chi connectivity index (χ1n) is 9.76. The van der Waals surface area contributed by atoms with Crippen molar-refractivity contribution in [2.24, 2.45) is 0 Å². The maximum Gasteiger partial charge on any atom is 0.345 e. The molecule has 1 heterocycles. The van der Waals surface area contributed by atoms with Gasteiger partial charge in [-0.05, 0) is 55.7 Å². The number of carbonyl (C=O) groups excluding carboxylic acids is 1. The molecule has 4 nitrogen and oxygen atoms in total. The van der Waals surface area contributed by atoms with E-state index in [0.29, 0.717) is 23.5 Å². The lowest BCUT2D eigenvalue weighted by atomic mass is 10.0. The van der Waals surface area contributed by atoms with Gasteiger partial charge in [0, 0.05) is 18.0 Å². The van der Waals surface area contributed by atoms with Gasteiger partial charge in [0.1, 0.15) is 11.5 Å². The molecule has 0 aliphatic carbocycles. The van der Waals surface area contributed by atoms with Gasteiger partial charge in [0.05, 0.1) is 12.7 Å². The second-order valence-electron chi connectivity index (χ2n) is 7.06. The van der Waals surface area contributed by atoms with Gasteiger partial charge >= 0.3 is 5.97 Å². The molecule has 0 saturated heterocycles. The van der Waals surface area contributed by atoms with E-state index in [1.54, 1.807) is 25.4 Å². The zero-order valence-electron chi connectivity index (χ0n) is 17.5. The highest BCUT2D eigenvalue weighted by Crippen LogP contribution is 2.33. The van der Waals surface area contributed by atoms with Gasteiger partial charge in [0.15, 0.2) is 0 Å². The standard InChI is InChI=1S/C26H25NO3/c1-19(2)11-14-23-24(29-3)16-21(13-12-20-8-5-4-6-9-20)17-25(23)30-26(28)22-10-7-15-27-18-22/h4-13,15-18H,14H2,1-3H3/b13-12+. The highest BCUT2D eigenvalue weighted by atomic mass is 16.5. The van der Waals surface area contributed by atoms with Gasteiger partial charge in [-0.15, -0.1) is 0 Å². The lowest BCUT2D eigenvalue weighted by Crippen LogP contribution is -2.11. The van der Waals surface area contributed by atoms with Crippen LogP contribution in [0.2, 0.25) is 0 Å². The number of esters is 1. The first-order valence-corrected chi connectivity index (χ1v) is 9.76. The molecule has 0 bridgehead atoms. The number of hydrogen-bond donors (Lipinski definition) is 0. The van der Waals surface area contributed by atoms with Gasteiger partial charge < -0.3 is 9.47 Å². The second-order valence-corrected chi connectivity index (χ2v) is 7.06. The van der Waals surface area contributed by atoms with Gasteiger partial charge in [0.25, 0.3) is 0 Å². The Labute approximate surface area is 177 Å². The fourth-order valence-electron chi connectivity index (χ4n) is 2.92. The molecular formula is C26H25NO3. The van der Waals surface area contributed by atoms with Crippen LogP contribution in [-0.4, -0.2) is 18.1 Å². The Hall–Kier alpha value is -3.66. The fraction of sp³-hybridized carbons (Fsp3) is 0.154. The third-order valence-corrected chi connectivity index (χ3v) is 4.49. The van der Waals surface area contributed by atoms with Crippen LogP contribution in [0.1, 0.15) is 40.9 Å². The number of benzene rings is 2. The number of carbonyl (C=O) groups is 1. The molecule has 4 heteroatoms. The Morgan fingerprint density at radius 3 is 2.37 bits per heavy atom. The molecule has 3 aromatic rings. The van der Waals surface area contributed by atoms with Crippen molar-refractivity contribution in [1.29, 1.82) is 0 Å². The lowest BCUT2D eigenvalue weighted by molar-refractivity contribution is 0.0732. The highest BCUT2D eigenvalue weighted by Gasteiger charge is 2.16. The molecule has 0 N–H and O–H groups in total. The number of hydrogen-bond acceptors (Lipinski definition) is 4. The largest absolute Gasteiger partial charge is 0.496 e. The van der Waals surface area contributed by atoms with E-state index in [-0.39, 0.29) is 0 Å². The second kappa shape index (κ2) is 10.2. The molecule has 0 spiro atoms. The van der Waals surface area contributed by atoms with Crippen molar-refractivity contribution in [3.8, 4) is 11.5 Å². The maximum atomic E-state index is 12.7. The van der Waals surface area contributed by atoms with Crippen molar-refractivity contribution in [3.63, 3.8) is 0 Å². The smallest absolute Gasteiger partial charge is 0.345 e.